The molecule has 0 saturated heterocycles. The maximum absolute atomic E-state index is 13.0. The predicted octanol–water partition coefficient (Wildman–Crippen LogP) is 3.17. The van der Waals surface area contributed by atoms with E-state index in [4.69, 9.17) is 4.52 Å². The number of hydrogen-bond donors (Lipinski definition) is 2. The molecule has 4 heterocycles. The van der Waals surface area contributed by atoms with Crippen molar-refractivity contribution in [3.63, 3.8) is 0 Å². The van der Waals surface area contributed by atoms with E-state index in [0.717, 1.165) is 78.9 Å². The Kier molecular flexibility index (Phi) is 4.29. The van der Waals surface area contributed by atoms with Crippen LogP contribution in [-0.2, 0) is 12.8 Å². The van der Waals surface area contributed by atoms with Crippen LogP contribution in [0.4, 0.5) is 0 Å². The van der Waals surface area contributed by atoms with Crippen LogP contribution in [0.15, 0.2) is 23.0 Å². The van der Waals surface area contributed by atoms with Gasteiger partial charge in [0.05, 0.1) is 11.7 Å². The third-order valence-electron chi connectivity index (χ3n) is 7.02. The molecule has 0 aliphatic heterocycles. The van der Waals surface area contributed by atoms with E-state index in [2.05, 4.69) is 42.0 Å². The van der Waals surface area contributed by atoms with Gasteiger partial charge in [0, 0.05) is 30.1 Å². The Morgan fingerprint density at radius 3 is 3.10 bits per heavy atom. The molecule has 9 nitrogen and oxygen atoms in total. The standard InChI is InChI=1S/C22H25N7O2/c1-2-12-9-13(25-22(30)19-14-5-3-4-6-17(14)31-28-19)10-15(12)21-27-26-18-11-24-20-16(29(18)21)7-8-23-20/h7-8,11-13,15,23H,2-6,9-10H2,1H3,(H,25,30)/t12-,13+,15+/m1/s1. The monoisotopic (exact) mass is 419 g/mol. The van der Waals surface area contributed by atoms with Gasteiger partial charge < -0.3 is 14.8 Å². The molecule has 9 heteroatoms. The lowest BCUT2D eigenvalue weighted by molar-refractivity contribution is 0.0927. The highest BCUT2D eigenvalue weighted by Crippen LogP contribution is 2.41. The van der Waals surface area contributed by atoms with Crippen molar-refractivity contribution in [3.8, 4) is 0 Å². The molecule has 0 aromatic carbocycles. The number of aromatic nitrogens is 6. The van der Waals surface area contributed by atoms with Crippen LogP contribution in [-0.4, -0.2) is 41.7 Å². The Labute approximate surface area is 178 Å². The normalized spacial score (nSPS) is 23.5. The van der Waals surface area contributed by atoms with Crippen molar-refractivity contribution in [1.29, 1.82) is 0 Å². The zero-order valence-corrected chi connectivity index (χ0v) is 17.5. The number of carbonyl (C=O) groups is 1. The molecule has 0 unspecified atom stereocenters. The van der Waals surface area contributed by atoms with Crippen LogP contribution in [0.5, 0.6) is 0 Å². The zero-order valence-electron chi connectivity index (χ0n) is 17.5. The number of carbonyl (C=O) groups excluding carboxylic acids is 1. The van der Waals surface area contributed by atoms with E-state index in [1.807, 2.05) is 12.3 Å². The van der Waals surface area contributed by atoms with Crippen molar-refractivity contribution >= 4 is 22.7 Å². The molecule has 2 N–H and O–H groups in total. The van der Waals surface area contributed by atoms with E-state index >= 15 is 0 Å². The summed E-state index contributed by atoms with van der Waals surface area (Å²) in [6, 6.07) is 2.08. The lowest BCUT2D eigenvalue weighted by Crippen LogP contribution is -2.34. The number of nitrogens with one attached hydrogen (secondary N) is 2. The first kappa shape index (κ1) is 18.5. The van der Waals surface area contributed by atoms with Gasteiger partial charge in [-0.05, 0) is 44.1 Å². The first-order chi connectivity index (χ1) is 15.2. The molecule has 1 amide bonds. The van der Waals surface area contributed by atoms with Crippen molar-refractivity contribution in [2.24, 2.45) is 5.92 Å². The second-order valence-electron chi connectivity index (χ2n) is 8.78. The fourth-order valence-electron chi connectivity index (χ4n) is 5.47. The molecule has 4 aromatic heterocycles. The molecule has 2 aliphatic rings. The lowest BCUT2D eigenvalue weighted by atomic mass is 9.93. The minimum Gasteiger partial charge on any atom is -0.360 e. The molecule has 6 rings (SSSR count). The van der Waals surface area contributed by atoms with E-state index in [9.17, 15) is 4.79 Å². The van der Waals surface area contributed by atoms with Crippen LogP contribution in [0.3, 0.4) is 0 Å². The van der Waals surface area contributed by atoms with Crippen molar-refractivity contribution in [2.45, 2.75) is 63.8 Å². The number of amides is 1. The molecule has 31 heavy (non-hydrogen) atoms. The highest BCUT2D eigenvalue weighted by Gasteiger charge is 2.38. The average molecular weight is 419 g/mol. The van der Waals surface area contributed by atoms with Crippen LogP contribution >= 0.6 is 0 Å². The van der Waals surface area contributed by atoms with Gasteiger partial charge in [-0.1, -0.05) is 18.5 Å². The molecule has 1 saturated carbocycles. The lowest BCUT2D eigenvalue weighted by Gasteiger charge is -2.15. The van der Waals surface area contributed by atoms with E-state index in [1.54, 1.807) is 6.20 Å². The van der Waals surface area contributed by atoms with E-state index in [-0.39, 0.29) is 17.9 Å². The van der Waals surface area contributed by atoms with Gasteiger partial charge in [-0.2, -0.15) is 0 Å². The van der Waals surface area contributed by atoms with Crippen LogP contribution in [0.1, 0.15) is 72.6 Å². The van der Waals surface area contributed by atoms with Crippen molar-refractivity contribution < 1.29 is 9.32 Å². The van der Waals surface area contributed by atoms with Crippen LogP contribution in [0, 0.1) is 5.92 Å². The summed E-state index contributed by atoms with van der Waals surface area (Å²) >= 11 is 0. The molecule has 0 spiro atoms. The first-order valence-corrected chi connectivity index (χ1v) is 11.2. The van der Waals surface area contributed by atoms with Gasteiger partial charge in [-0.3, -0.25) is 9.20 Å². The molecule has 3 atom stereocenters. The van der Waals surface area contributed by atoms with Gasteiger partial charge in [0.2, 0.25) is 0 Å². The van der Waals surface area contributed by atoms with Crippen LogP contribution in [0.25, 0.3) is 16.8 Å². The van der Waals surface area contributed by atoms with Gasteiger partial charge >= 0.3 is 0 Å². The highest BCUT2D eigenvalue weighted by molar-refractivity contribution is 5.94. The van der Waals surface area contributed by atoms with E-state index in [0.29, 0.717) is 11.6 Å². The van der Waals surface area contributed by atoms with Crippen molar-refractivity contribution in [3.05, 3.63) is 41.3 Å². The highest BCUT2D eigenvalue weighted by atomic mass is 16.5. The summed E-state index contributed by atoms with van der Waals surface area (Å²) in [5.74, 6) is 2.36. The molecule has 2 aliphatic carbocycles. The molecule has 0 radical (unpaired) electrons. The maximum Gasteiger partial charge on any atom is 0.273 e. The number of nitrogens with zero attached hydrogens (tertiary/aromatic N) is 5. The molecular formula is C22H25N7O2. The Hall–Kier alpha value is -3.23. The molecule has 1 fully saturated rings. The van der Waals surface area contributed by atoms with Gasteiger partial charge in [0.1, 0.15) is 11.6 Å². The third-order valence-corrected chi connectivity index (χ3v) is 7.02. The smallest absolute Gasteiger partial charge is 0.273 e. The van der Waals surface area contributed by atoms with E-state index in [1.165, 1.54) is 0 Å². The van der Waals surface area contributed by atoms with Gasteiger partial charge in [0.15, 0.2) is 17.0 Å². The molecule has 4 aromatic rings. The summed E-state index contributed by atoms with van der Waals surface area (Å²) in [4.78, 5) is 20.6. The predicted molar refractivity (Wildman–Crippen MR) is 113 cm³/mol. The van der Waals surface area contributed by atoms with Gasteiger partial charge in [-0.15, -0.1) is 10.2 Å². The topological polar surface area (TPSA) is 114 Å². The molecule has 0 bridgehead atoms. The molecular weight excluding hydrogens is 394 g/mol. The SMILES string of the molecule is CC[C@@H]1C[C@H](NC(=O)c2noc3c2CCCC3)C[C@@H]1c1nnc2cnc3[nH]ccc3n12. The summed E-state index contributed by atoms with van der Waals surface area (Å²) < 4.78 is 7.54. The second-order valence-corrected chi connectivity index (χ2v) is 8.78. The number of aryl methyl sites for hydroxylation is 1. The fourth-order valence-corrected chi connectivity index (χ4v) is 5.47. The Morgan fingerprint density at radius 1 is 1.29 bits per heavy atom. The van der Waals surface area contributed by atoms with E-state index < -0.39 is 0 Å². The minimum absolute atomic E-state index is 0.0780. The van der Waals surface area contributed by atoms with Crippen molar-refractivity contribution in [1.82, 2.24) is 35.0 Å². The number of aromatic amines is 1. The zero-order chi connectivity index (χ0) is 20.9. The number of rotatable bonds is 4. The maximum atomic E-state index is 13.0. The third kappa shape index (κ3) is 2.94. The Bertz CT molecular complexity index is 1270. The first-order valence-electron chi connectivity index (χ1n) is 11.2. The number of hydrogen-bond acceptors (Lipinski definition) is 6. The van der Waals surface area contributed by atoms with Gasteiger partial charge in [0.25, 0.3) is 5.91 Å². The Balaban J connectivity index is 1.27. The summed E-state index contributed by atoms with van der Waals surface area (Å²) in [7, 11) is 0. The quantitative estimate of drug-likeness (QED) is 0.525. The largest absolute Gasteiger partial charge is 0.360 e. The van der Waals surface area contributed by atoms with Crippen molar-refractivity contribution in [2.75, 3.05) is 0 Å². The second kappa shape index (κ2) is 7.18. The molecule has 160 valence electrons. The Morgan fingerprint density at radius 2 is 2.19 bits per heavy atom. The fraction of sp³-hybridized carbons (Fsp3) is 0.500. The summed E-state index contributed by atoms with van der Waals surface area (Å²) in [5.41, 5.74) is 4.02. The summed E-state index contributed by atoms with van der Waals surface area (Å²) in [5, 5.41) is 16.2. The van der Waals surface area contributed by atoms with Crippen LogP contribution in [0.2, 0.25) is 0 Å². The average Bonchev–Trinajstić information content (AvgIpc) is 3.56. The number of H-pyrrole nitrogens is 1. The summed E-state index contributed by atoms with van der Waals surface area (Å²) in [6.07, 6.45) is 10.3. The number of fused-ring (bicyclic) bond motifs is 4. The summed E-state index contributed by atoms with van der Waals surface area (Å²) in [6.45, 7) is 2.20. The van der Waals surface area contributed by atoms with Crippen LogP contribution < -0.4 is 5.32 Å². The van der Waals surface area contributed by atoms with Gasteiger partial charge in [-0.25, -0.2) is 4.98 Å². The minimum atomic E-state index is -0.115.